The summed E-state index contributed by atoms with van der Waals surface area (Å²) in [7, 11) is 0. The molecule has 0 bridgehead atoms. The number of nitro groups is 1. The van der Waals surface area contributed by atoms with E-state index in [1.54, 1.807) is 36.4 Å². The van der Waals surface area contributed by atoms with Crippen LogP contribution in [0.25, 0.3) is 10.9 Å². The predicted octanol–water partition coefficient (Wildman–Crippen LogP) is 4.49. The highest BCUT2D eigenvalue weighted by atomic mass is 16.6. The number of nitriles is 1. The number of carbonyl (C=O) groups excluding carboxylic acids is 1. The lowest BCUT2D eigenvalue weighted by Gasteiger charge is -2.35. The van der Waals surface area contributed by atoms with E-state index in [1.165, 1.54) is 16.8 Å². The maximum absolute atomic E-state index is 13.1. The number of para-hydroxylation sites is 1. The van der Waals surface area contributed by atoms with Gasteiger partial charge in [-0.15, -0.1) is 0 Å². The number of hydrogen-bond acceptors (Lipinski definition) is 5. The zero-order valence-corrected chi connectivity index (χ0v) is 16.0. The zero-order valence-electron chi connectivity index (χ0n) is 16.0. The van der Waals surface area contributed by atoms with Gasteiger partial charge in [-0.25, -0.2) is 0 Å². The van der Waals surface area contributed by atoms with Gasteiger partial charge in [0, 0.05) is 35.8 Å². The van der Waals surface area contributed by atoms with Crippen LogP contribution in [0.3, 0.4) is 0 Å². The molecule has 0 radical (unpaired) electrons. The van der Waals surface area contributed by atoms with Crippen LogP contribution in [0.1, 0.15) is 42.1 Å². The fourth-order valence-electron chi connectivity index (χ4n) is 4.08. The average Bonchev–Trinajstić information content (AvgIpc) is 3.12. The van der Waals surface area contributed by atoms with Gasteiger partial charge in [-0.3, -0.25) is 19.5 Å². The van der Waals surface area contributed by atoms with Gasteiger partial charge < -0.3 is 4.90 Å². The van der Waals surface area contributed by atoms with E-state index in [2.05, 4.69) is 17.9 Å². The first kappa shape index (κ1) is 18.7. The summed E-state index contributed by atoms with van der Waals surface area (Å²) < 4.78 is 1.39. The molecule has 0 amide bonds. The highest BCUT2D eigenvalue weighted by molar-refractivity contribution is 6.04. The van der Waals surface area contributed by atoms with E-state index >= 15 is 0 Å². The molecule has 2 aromatic carbocycles. The van der Waals surface area contributed by atoms with E-state index in [4.69, 9.17) is 0 Å². The van der Waals surface area contributed by atoms with Crippen LogP contribution in [0, 0.1) is 21.4 Å². The van der Waals surface area contributed by atoms with Gasteiger partial charge in [-0.05, 0) is 44.4 Å². The van der Waals surface area contributed by atoms with Crippen LogP contribution in [0.2, 0.25) is 0 Å². The highest BCUT2D eigenvalue weighted by Gasteiger charge is 2.27. The van der Waals surface area contributed by atoms with Crippen LogP contribution >= 0.6 is 0 Å². The van der Waals surface area contributed by atoms with Gasteiger partial charge in [0.25, 0.3) is 11.6 Å². The van der Waals surface area contributed by atoms with Crippen molar-refractivity contribution in [3.05, 3.63) is 69.9 Å². The predicted molar refractivity (Wildman–Crippen MR) is 110 cm³/mol. The molecule has 1 atom stereocenters. The molecular formula is C22H20N4O3. The monoisotopic (exact) mass is 388 g/mol. The van der Waals surface area contributed by atoms with Crippen LogP contribution in [-0.4, -0.2) is 28.0 Å². The minimum atomic E-state index is -0.429. The summed E-state index contributed by atoms with van der Waals surface area (Å²) >= 11 is 0. The number of carbonyl (C=O) groups is 1. The van der Waals surface area contributed by atoms with Gasteiger partial charge in [0.15, 0.2) is 0 Å². The third-order valence-corrected chi connectivity index (χ3v) is 5.58. The highest BCUT2D eigenvalue weighted by Crippen LogP contribution is 2.34. The molecule has 1 aliphatic heterocycles. The maximum Gasteiger partial charge on any atom is 0.293 e. The second-order valence-electron chi connectivity index (χ2n) is 7.35. The molecule has 0 spiro atoms. The fourth-order valence-corrected chi connectivity index (χ4v) is 4.08. The molecule has 1 aliphatic rings. The van der Waals surface area contributed by atoms with Gasteiger partial charge >= 0.3 is 0 Å². The van der Waals surface area contributed by atoms with Crippen molar-refractivity contribution in [1.82, 2.24) is 4.57 Å². The van der Waals surface area contributed by atoms with Crippen molar-refractivity contribution in [1.29, 1.82) is 5.26 Å². The Kier molecular flexibility index (Phi) is 4.77. The first-order valence-corrected chi connectivity index (χ1v) is 9.61. The van der Waals surface area contributed by atoms with Gasteiger partial charge in [0.1, 0.15) is 11.8 Å². The van der Waals surface area contributed by atoms with Crippen LogP contribution in [-0.2, 0) is 0 Å². The Morgan fingerprint density at radius 1 is 1.24 bits per heavy atom. The number of fused-ring (bicyclic) bond motifs is 1. The molecular weight excluding hydrogens is 368 g/mol. The Bertz CT molecular complexity index is 1160. The minimum Gasteiger partial charge on any atom is -0.363 e. The van der Waals surface area contributed by atoms with Crippen molar-refractivity contribution in [2.24, 2.45) is 0 Å². The Morgan fingerprint density at radius 3 is 2.76 bits per heavy atom. The molecule has 7 heteroatoms. The SMILES string of the molecule is CC1CCCCN1c1ccc(C(=O)n2cc(C#N)c3ccccc32)cc1[N+](=O)[O-]. The summed E-state index contributed by atoms with van der Waals surface area (Å²) in [5.41, 5.74) is 1.69. The molecule has 0 saturated carbocycles. The van der Waals surface area contributed by atoms with Gasteiger partial charge in [0.05, 0.1) is 16.0 Å². The molecule has 29 heavy (non-hydrogen) atoms. The molecule has 7 nitrogen and oxygen atoms in total. The number of nitro benzene ring substituents is 1. The van der Waals surface area contributed by atoms with Crippen molar-refractivity contribution in [2.75, 3.05) is 11.4 Å². The van der Waals surface area contributed by atoms with Crippen molar-refractivity contribution in [3.63, 3.8) is 0 Å². The zero-order chi connectivity index (χ0) is 20.5. The second kappa shape index (κ2) is 7.40. The summed E-state index contributed by atoms with van der Waals surface area (Å²) in [5, 5.41) is 21.8. The van der Waals surface area contributed by atoms with E-state index in [0.29, 0.717) is 22.2 Å². The number of benzene rings is 2. The summed E-state index contributed by atoms with van der Waals surface area (Å²) in [6, 6.07) is 14.1. The largest absolute Gasteiger partial charge is 0.363 e. The summed E-state index contributed by atoms with van der Waals surface area (Å²) in [4.78, 5) is 26.5. The molecule has 1 unspecified atom stereocenters. The minimum absolute atomic E-state index is 0.0680. The van der Waals surface area contributed by atoms with Crippen LogP contribution in [0.5, 0.6) is 0 Å². The lowest BCUT2D eigenvalue weighted by molar-refractivity contribution is -0.384. The standard InChI is InChI=1S/C22H20N4O3/c1-15-6-4-5-11-24(15)20-10-9-16(12-21(20)26(28)29)22(27)25-14-17(13-23)18-7-2-3-8-19(18)25/h2-3,7-10,12,14-15H,4-6,11H2,1H3. The number of hydrogen-bond donors (Lipinski definition) is 0. The number of aromatic nitrogens is 1. The van der Waals surface area contributed by atoms with E-state index < -0.39 is 10.8 Å². The quantitative estimate of drug-likeness (QED) is 0.487. The van der Waals surface area contributed by atoms with Crippen LogP contribution in [0.4, 0.5) is 11.4 Å². The Hall–Kier alpha value is -3.66. The summed E-state index contributed by atoms with van der Waals surface area (Å²) in [5.74, 6) is -0.399. The fraction of sp³-hybridized carbons (Fsp3) is 0.273. The van der Waals surface area contributed by atoms with E-state index in [0.717, 1.165) is 25.8 Å². The van der Waals surface area contributed by atoms with Gasteiger partial charge in [0.2, 0.25) is 0 Å². The average molecular weight is 388 g/mol. The van der Waals surface area contributed by atoms with Crippen molar-refractivity contribution in [3.8, 4) is 6.07 Å². The van der Waals surface area contributed by atoms with Crippen molar-refractivity contribution >= 4 is 28.2 Å². The van der Waals surface area contributed by atoms with E-state index in [9.17, 15) is 20.2 Å². The summed E-state index contributed by atoms with van der Waals surface area (Å²) in [6.07, 6.45) is 4.59. The lowest BCUT2D eigenvalue weighted by Crippen LogP contribution is -2.37. The number of nitrogens with zero attached hydrogens (tertiary/aromatic N) is 4. The molecule has 4 rings (SSSR count). The third kappa shape index (κ3) is 3.23. The van der Waals surface area contributed by atoms with Gasteiger partial charge in [-0.1, -0.05) is 18.2 Å². The molecule has 1 aromatic heterocycles. The Labute approximate surface area is 167 Å². The summed E-state index contributed by atoms with van der Waals surface area (Å²) in [6.45, 7) is 2.83. The molecule has 3 aromatic rings. The van der Waals surface area contributed by atoms with Crippen LogP contribution < -0.4 is 4.90 Å². The molecule has 0 N–H and O–H groups in total. The number of anilines is 1. The molecule has 146 valence electrons. The normalized spacial score (nSPS) is 16.6. The first-order chi connectivity index (χ1) is 14.0. The topological polar surface area (TPSA) is 92.2 Å². The van der Waals surface area contributed by atoms with Gasteiger partial charge in [-0.2, -0.15) is 5.26 Å². The first-order valence-electron chi connectivity index (χ1n) is 9.61. The van der Waals surface area contributed by atoms with Crippen molar-refractivity contribution in [2.45, 2.75) is 32.2 Å². The second-order valence-corrected chi connectivity index (χ2v) is 7.35. The molecule has 1 saturated heterocycles. The Morgan fingerprint density at radius 2 is 2.03 bits per heavy atom. The van der Waals surface area contributed by atoms with E-state index in [1.807, 2.05) is 0 Å². The number of rotatable bonds is 3. The Balaban J connectivity index is 1.78. The number of piperidine rings is 1. The maximum atomic E-state index is 13.1. The smallest absolute Gasteiger partial charge is 0.293 e. The lowest BCUT2D eigenvalue weighted by atomic mass is 10.0. The van der Waals surface area contributed by atoms with Crippen molar-refractivity contribution < 1.29 is 9.72 Å². The van der Waals surface area contributed by atoms with Crippen LogP contribution in [0.15, 0.2) is 48.7 Å². The molecule has 1 fully saturated rings. The third-order valence-electron chi connectivity index (χ3n) is 5.58. The molecule has 2 heterocycles. The van der Waals surface area contributed by atoms with E-state index in [-0.39, 0.29) is 17.3 Å². The molecule has 0 aliphatic carbocycles.